The number of nitrogens with zero attached hydrogens (tertiary/aromatic N) is 3. The van der Waals surface area contributed by atoms with Crippen LogP contribution in [0.2, 0.25) is 0 Å². The van der Waals surface area contributed by atoms with E-state index >= 15 is 0 Å². The van der Waals surface area contributed by atoms with Crippen molar-refractivity contribution in [2.24, 2.45) is 10.6 Å². The van der Waals surface area contributed by atoms with Crippen molar-refractivity contribution in [1.82, 2.24) is 14.6 Å². The number of aliphatic carboxylic acids is 1. The number of carbonyl (C=O) groups excluding carboxylic acids is 3. The molecule has 3 rings (SSSR count). The number of hydrogen-bond donors (Lipinski definition) is 3. The monoisotopic (exact) mass is 589 g/mol. The number of β-lactam (4-membered cyclic amide) rings is 1. The number of nitrogen functional groups attached to an aromatic ring is 1. The predicted octanol–water partition coefficient (Wildman–Crippen LogP) is 0.410. The Hall–Kier alpha value is -3.31. The van der Waals surface area contributed by atoms with Crippen molar-refractivity contribution in [1.29, 1.82) is 0 Å². The minimum Gasteiger partial charge on any atom is -0.478 e. The summed E-state index contributed by atoms with van der Waals surface area (Å²) in [7, 11) is -4.60. The topological polar surface area (TPSA) is 217 Å². The molecular formula is C22H31N5O10S2. The number of carbonyl (C=O) groups is 4. The first-order valence-corrected chi connectivity index (χ1v) is 14.3. The van der Waals surface area contributed by atoms with Gasteiger partial charge in [0.25, 0.3) is 11.8 Å². The third-order valence-corrected chi connectivity index (χ3v) is 8.56. The van der Waals surface area contributed by atoms with E-state index in [0.717, 1.165) is 11.3 Å². The third kappa shape index (κ3) is 6.30. The molecule has 0 radical (unpaired) electrons. The third-order valence-electron chi connectivity index (χ3n) is 6.48. The summed E-state index contributed by atoms with van der Waals surface area (Å²) < 4.78 is 36.5. The minimum absolute atomic E-state index is 0.0377. The van der Waals surface area contributed by atoms with Crippen molar-refractivity contribution in [3.05, 3.63) is 11.1 Å². The van der Waals surface area contributed by atoms with Crippen molar-refractivity contribution in [2.45, 2.75) is 71.1 Å². The number of nitrogens with two attached hydrogens (primary N) is 1. The first kappa shape index (κ1) is 30.2. The Morgan fingerprint density at radius 3 is 2.49 bits per heavy atom. The molecule has 1 aliphatic carbocycles. The largest absolute Gasteiger partial charge is 0.478 e. The molecule has 1 aliphatic heterocycles. The van der Waals surface area contributed by atoms with Crippen molar-refractivity contribution in [2.75, 3.05) is 18.9 Å². The molecule has 15 nitrogen and oxygen atoms in total. The van der Waals surface area contributed by atoms with Crippen LogP contribution in [0.3, 0.4) is 0 Å². The fourth-order valence-electron chi connectivity index (χ4n) is 4.09. The molecule has 4 N–H and O–H groups in total. The lowest BCUT2D eigenvalue weighted by molar-refractivity contribution is -0.161. The zero-order valence-electron chi connectivity index (χ0n) is 21.8. The molecule has 0 spiro atoms. The number of oxime groups is 1. The molecule has 216 valence electrons. The number of aromatic nitrogens is 1. The summed E-state index contributed by atoms with van der Waals surface area (Å²) in [5, 5.41) is 16.7. The second-order valence-electron chi connectivity index (χ2n) is 9.67. The van der Waals surface area contributed by atoms with Crippen molar-refractivity contribution < 1.29 is 46.5 Å². The summed E-state index contributed by atoms with van der Waals surface area (Å²) in [6.07, 6.45) is 2.20. The van der Waals surface area contributed by atoms with E-state index in [-0.39, 0.29) is 17.4 Å². The Bertz CT molecular complexity index is 1270. The number of thiazole rings is 1. The molecule has 2 atom stereocenters. The molecule has 2 amide bonds. The number of carboxylic acid groups (broad SMARTS) is 1. The average molecular weight is 590 g/mol. The lowest BCUT2D eigenvalue weighted by Crippen LogP contribution is -2.71. The van der Waals surface area contributed by atoms with Crippen molar-refractivity contribution in [3.63, 3.8) is 0 Å². The molecular weight excluding hydrogens is 558 g/mol. The summed E-state index contributed by atoms with van der Waals surface area (Å²) >= 11 is 0.984. The maximum Gasteiger partial charge on any atom is 0.365 e. The van der Waals surface area contributed by atoms with Crippen LogP contribution in [-0.4, -0.2) is 83.2 Å². The number of ether oxygens (including phenoxy) is 1. The summed E-state index contributed by atoms with van der Waals surface area (Å²) in [5.74, 6) is -3.85. The van der Waals surface area contributed by atoms with E-state index in [1.807, 2.05) is 0 Å². The Labute approximate surface area is 228 Å². The van der Waals surface area contributed by atoms with Crippen LogP contribution in [0.15, 0.2) is 10.5 Å². The molecule has 1 saturated heterocycles. The molecule has 17 heteroatoms. The highest BCUT2D eigenvalue weighted by Gasteiger charge is 2.54. The van der Waals surface area contributed by atoms with Gasteiger partial charge in [0.2, 0.25) is 5.60 Å². The maximum absolute atomic E-state index is 13.0. The molecule has 1 aromatic heterocycles. The van der Waals surface area contributed by atoms with Crippen molar-refractivity contribution in [3.8, 4) is 0 Å². The first-order chi connectivity index (χ1) is 18.1. The van der Waals surface area contributed by atoms with Crippen LogP contribution >= 0.6 is 11.3 Å². The Balaban J connectivity index is 1.72. The van der Waals surface area contributed by atoms with Gasteiger partial charge in [0.1, 0.15) is 11.7 Å². The van der Waals surface area contributed by atoms with E-state index < -0.39 is 69.5 Å². The summed E-state index contributed by atoms with van der Waals surface area (Å²) in [4.78, 5) is 58.6. The van der Waals surface area contributed by atoms with E-state index in [1.54, 1.807) is 6.92 Å². The van der Waals surface area contributed by atoms with Gasteiger partial charge in [-0.15, -0.1) is 11.3 Å². The van der Waals surface area contributed by atoms with E-state index in [0.29, 0.717) is 30.0 Å². The zero-order chi connectivity index (χ0) is 29.2. The summed E-state index contributed by atoms with van der Waals surface area (Å²) in [6.45, 7) is 5.11. The first-order valence-electron chi connectivity index (χ1n) is 12.1. The van der Waals surface area contributed by atoms with Gasteiger partial charge in [0, 0.05) is 5.38 Å². The van der Waals surface area contributed by atoms with E-state index in [1.165, 1.54) is 26.2 Å². The summed E-state index contributed by atoms with van der Waals surface area (Å²) in [5.41, 5.74) is 2.22. The van der Waals surface area contributed by atoms with Gasteiger partial charge in [0.05, 0.1) is 24.7 Å². The molecule has 2 heterocycles. The van der Waals surface area contributed by atoms with Crippen LogP contribution in [0.4, 0.5) is 5.13 Å². The van der Waals surface area contributed by atoms with Crippen LogP contribution < -0.4 is 11.1 Å². The van der Waals surface area contributed by atoms with Crippen LogP contribution in [0.1, 0.15) is 59.1 Å². The molecule has 39 heavy (non-hydrogen) atoms. The van der Waals surface area contributed by atoms with Gasteiger partial charge in [-0.2, -0.15) is 8.42 Å². The number of rotatable bonds is 12. The Kier molecular flexibility index (Phi) is 8.86. The van der Waals surface area contributed by atoms with Gasteiger partial charge < -0.3 is 25.7 Å². The standard InChI is InChI=1S/C22H31N5O10S2/c1-5-35-19(32)22(8-6-7-9-22)11-36-39(33,34)27-12(2)14(17(27)29)25-16(28)15(13-10-38-20(23)24-13)26-37-21(3,4)18(30)31/h10,12,14H,5-9,11H2,1-4H3,(H2,23,24)(H,25,28)(H,30,31)/t12-,14-/m0/s1. The fourth-order valence-corrected chi connectivity index (χ4v) is 5.99. The van der Waals surface area contributed by atoms with E-state index in [4.69, 9.17) is 19.5 Å². The highest BCUT2D eigenvalue weighted by Crippen LogP contribution is 2.40. The second-order valence-corrected chi connectivity index (χ2v) is 12.0. The number of nitrogens with one attached hydrogen (secondary N) is 1. The van der Waals surface area contributed by atoms with Gasteiger partial charge in [0.15, 0.2) is 10.8 Å². The van der Waals surface area contributed by atoms with Crippen molar-refractivity contribution >= 4 is 56.2 Å². The maximum atomic E-state index is 13.0. The molecule has 1 aromatic rings. The van der Waals surface area contributed by atoms with E-state index in [2.05, 4.69) is 15.5 Å². The number of esters is 1. The Morgan fingerprint density at radius 2 is 1.97 bits per heavy atom. The summed E-state index contributed by atoms with van der Waals surface area (Å²) in [6, 6.07) is -2.33. The van der Waals surface area contributed by atoms with Gasteiger partial charge in [-0.1, -0.05) is 18.0 Å². The quantitative estimate of drug-likeness (QED) is 0.131. The van der Waals surface area contributed by atoms with Crippen LogP contribution in [0.5, 0.6) is 0 Å². The second kappa shape index (κ2) is 11.4. The fraction of sp³-hybridized carbons (Fsp3) is 0.636. The van der Waals surface area contributed by atoms with Crippen LogP contribution in [-0.2, 0) is 43.2 Å². The van der Waals surface area contributed by atoms with Gasteiger partial charge in [-0.05, 0) is 40.5 Å². The van der Waals surface area contributed by atoms with E-state index in [9.17, 15) is 32.7 Å². The molecule has 0 bridgehead atoms. The number of amides is 2. The number of carboxylic acids is 1. The highest BCUT2D eigenvalue weighted by atomic mass is 32.2. The minimum atomic E-state index is -4.60. The van der Waals surface area contributed by atoms with Crippen LogP contribution in [0.25, 0.3) is 0 Å². The van der Waals surface area contributed by atoms with Gasteiger partial charge in [-0.25, -0.2) is 14.1 Å². The molecule has 0 unspecified atom stereocenters. The zero-order valence-corrected chi connectivity index (χ0v) is 23.5. The smallest absolute Gasteiger partial charge is 0.365 e. The number of hydrogen-bond acceptors (Lipinski definition) is 13. The molecule has 2 aliphatic rings. The lowest BCUT2D eigenvalue weighted by atomic mass is 9.87. The van der Waals surface area contributed by atoms with Gasteiger partial charge >= 0.3 is 22.2 Å². The highest BCUT2D eigenvalue weighted by molar-refractivity contribution is 7.85. The SMILES string of the molecule is CCOC(=O)C1(COS(=O)(=O)N2C(=O)[C@@H](NC(=O)C(=NOC(C)(C)C(=O)O)c3csc(N)n3)[C@@H]2C)CCCC1. The van der Waals surface area contributed by atoms with Crippen LogP contribution in [0, 0.1) is 5.41 Å². The normalized spacial score (nSPS) is 21.3. The number of anilines is 1. The average Bonchev–Trinajstić information content (AvgIpc) is 3.51. The molecule has 2 fully saturated rings. The Morgan fingerprint density at radius 1 is 1.33 bits per heavy atom. The lowest BCUT2D eigenvalue weighted by Gasteiger charge is -2.43. The van der Waals surface area contributed by atoms with Gasteiger partial charge in [-0.3, -0.25) is 18.6 Å². The molecule has 1 saturated carbocycles. The molecule has 0 aromatic carbocycles. The predicted molar refractivity (Wildman–Crippen MR) is 137 cm³/mol.